The largest absolute Gasteiger partial charge is 0.489 e. The van der Waals surface area contributed by atoms with Crippen LogP contribution in [0.15, 0.2) is 76.8 Å². The number of rotatable bonds is 5. The molecule has 0 atom stereocenters. The van der Waals surface area contributed by atoms with Crippen LogP contribution in [0.25, 0.3) is 6.08 Å². The summed E-state index contributed by atoms with van der Waals surface area (Å²) in [7, 11) is 0. The monoisotopic (exact) mass is 544 g/mol. The van der Waals surface area contributed by atoms with Crippen LogP contribution in [0.4, 0.5) is 10.5 Å². The summed E-state index contributed by atoms with van der Waals surface area (Å²) >= 11 is 15.4. The van der Waals surface area contributed by atoms with Crippen LogP contribution in [0, 0.1) is 0 Å². The molecule has 0 aromatic heterocycles. The Labute approximate surface area is 207 Å². The summed E-state index contributed by atoms with van der Waals surface area (Å²) in [6.45, 7) is 0.251. The van der Waals surface area contributed by atoms with Gasteiger partial charge in [-0.25, -0.2) is 9.69 Å². The summed E-state index contributed by atoms with van der Waals surface area (Å²) in [4.78, 5) is 38.5. The highest BCUT2D eigenvalue weighted by molar-refractivity contribution is 9.10. The average Bonchev–Trinajstić information content (AvgIpc) is 2.77. The number of anilines is 1. The molecule has 0 spiro atoms. The fraction of sp³-hybridized carbons (Fsp3) is 0.0417. The molecule has 6 nitrogen and oxygen atoms in total. The highest BCUT2D eigenvalue weighted by atomic mass is 79.9. The number of amides is 4. The number of halogens is 3. The Morgan fingerprint density at radius 1 is 0.970 bits per heavy atom. The molecule has 1 fully saturated rings. The molecule has 9 heteroatoms. The average molecular weight is 546 g/mol. The lowest BCUT2D eigenvalue weighted by atomic mass is 10.1. The van der Waals surface area contributed by atoms with Gasteiger partial charge in [0.05, 0.1) is 5.69 Å². The minimum absolute atomic E-state index is 0.156. The number of imide groups is 2. The van der Waals surface area contributed by atoms with Crippen LogP contribution in [-0.4, -0.2) is 17.8 Å². The van der Waals surface area contributed by atoms with Gasteiger partial charge >= 0.3 is 6.03 Å². The van der Waals surface area contributed by atoms with Gasteiger partial charge in [-0.1, -0.05) is 63.4 Å². The van der Waals surface area contributed by atoms with Gasteiger partial charge in [-0.05, 0) is 54.1 Å². The van der Waals surface area contributed by atoms with Crippen LogP contribution in [0.1, 0.15) is 11.1 Å². The van der Waals surface area contributed by atoms with Crippen molar-refractivity contribution in [1.82, 2.24) is 5.32 Å². The van der Waals surface area contributed by atoms with E-state index in [1.165, 1.54) is 6.08 Å². The van der Waals surface area contributed by atoms with Crippen molar-refractivity contribution in [3.63, 3.8) is 0 Å². The first kappa shape index (κ1) is 23.0. The fourth-order valence-electron chi connectivity index (χ4n) is 3.13. The zero-order valence-corrected chi connectivity index (χ0v) is 19.9. The van der Waals surface area contributed by atoms with Crippen molar-refractivity contribution in [2.24, 2.45) is 0 Å². The molecular formula is C24H15BrCl2N2O4. The molecule has 3 aromatic rings. The van der Waals surface area contributed by atoms with Crippen molar-refractivity contribution in [2.75, 3.05) is 4.90 Å². The highest BCUT2D eigenvalue weighted by Crippen LogP contribution is 2.26. The maximum absolute atomic E-state index is 13.0. The molecule has 33 heavy (non-hydrogen) atoms. The molecular weight excluding hydrogens is 531 g/mol. The second kappa shape index (κ2) is 9.79. The maximum atomic E-state index is 13.0. The smallest absolute Gasteiger partial charge is 0.335 e. The Hall–Kier alpha value is -3.13. The van der Waals surface area contributed by atoms with E-state index in [4.69, 9.17) is 27.9 Å². The van der Waals surface area contributed by atoms with Gasteiger partial charge in [0.2, 0.25) is 0 Å². The van der Waals surface area contributed by atoms with Gasteiger partial charge in [0, 0.05) is 20.1 Å². The lowest BCUT2D eigenvalue weighted by molar-refractivity contribution is -0.122. The van der Waals surface area contributed by atoms with Gasteiger partial charge in [0.1, 0.15) is 17.9 Å². The molecule has 1 aliphatic heterocycles. The quantitative estimate of drug-likeness (QED) is 0.315. The van der Waals surface area contributed by atoms with E-state index >= 15 is 0 Å². The van der Waals surface area contributed by atoms with Gasteiger partial charge in [-0.15, -0.1) is 0 Å². The number of benzene rings is 3. The molecule has 1 saturated heterocycles. The number of nitrogens with one attached hydrogen (secondary N) is 1. The normalized spacial score (nSPS) is 15.1. The molecule has 0 saturated carbocycles. The lowest BCUT2D eigenvalue weighted by Crippen LogP contribution is -2.54. The Kier molecular flexibility index (Phi) is 6.83. The highest BCUT2D eigenvalue weighted by Gasteiger charge is 2.36. The molecule has 166 valence electrons. The van der Waals surface area contributed by atoms with Gasteiger partial charge in [-0.2, -0.15) is 0 Å². The third-order valence-electron chi connectivity index (χ3n) is 4.77. The molecule has 1 aliphatic rings. The molecule has 0 radical (unpaired) electrons. The minimum atomic E-state index is -0.801. The summed E-state index contributed by atoms with van der Waals surface area (Å²) in [5.41, 5.74) is 1.56. The second-order valence-corrected chi connectivity index (χ2v) is 8.79. The van der Waals surface area contributed by atoms with Crippen LogP contribution >= 0.6 is 39.1 Å². The topological polar surface area (TPSA) is 75.7 Å². The van der Waals surface area contributed by atoms with Crippen molar-refractivity contribution in [2.45, 2.75) is 6.61 Å². The Morgan fingerprint density at radius 2 is 1.73 bits per heavy atom. The van der Waals surface area contributed by atoms with Gasteiger partial charge in [0.25, 0.3) is 11.8 Å². The van der Waals surface area contributed by atoms with E-state index in [1.54, 1.807) is 66.7 Å². The molecule has 4 rings (SSSR count). The van der Waals surface area contributed by atoms with E-state index in [9.17, 15) is 14.4 Å². The van der Waals surface area contributed by atoms with Gasteiger partial charge < -0.3 is 4.74 Å². The molecule has 1 heterocycles. The van der Waals surface area contributed by atoms with Crippen LogP contribution in [0.5, 0.6) is 5.75 Å². The summed E-state index contributed by atoms with van der Waals surface area (Å²) in [6, 6.07) is 17.9. The number of carbonyl (C=O) groups is 3. The van der Waals surface area contributed by atoms with E-state index in [2.05, 4.69) is 21.2 Å². The Balaban J connectivity index is 1.52. The van der Waals surface area contributed by atoms with Gasteiger partial charge in [0.15, 0.2) is 0 Å². The molecule has 1 N–H and O–H groups in total. The minimum Gasteiger partial charge on any atom is -0.489 e. The van der Waals surface area contributed by atoms with Crippen molar-refractivity contribution in [3.8, 4) is 5.75 Å². The third-order valence-corrected chi connectivity index (χ3v) is 5.85. The molecule has 0 aliphatic carbocycles. The zero-order chi connectivity index (χ0) is 23.5. The number of urea groups is 1. The molecule has 0 bridgehead atoms. The summed E-state index contributed by atoms with van der Waals surface area (Å²) in [6.07, 6.45) is 1.43. The number of carbonyl (C=O) groups excluding carboxylic acids is 3. The third kappa shape index (κ3) is 5.27. The predicted molar refractivity (Wildman–Crippen MR) is 130 cm³/mol. The summed E-state index contributed by atoms with van der Waals surface area (Å²) in [5.74, 6) is -0.887. The molecule has 0 unspecified atom stereocenters. The predicted octanol–water partition coefficient (Wildman–Crippen LogP) is 6.00. The van der Waals surface area contributed by atoms with E-state index < -0.39 is 17.8 Å². The first-order valence-corrected chi connectivity index (χ1v) is 11.2. The number of hydrogen-bond acceptors (Lipinski definition) is 4. The number of ether oxygens (including phenoxy) is 1. The maximum Gasteiger partial charge on any atom is 0.335 e. The lowest BCUT2D eigenvalue weighted by Gasteiger charge is -2.26. The van der Waals surface area contributed by atoms with E-state index in [0.717, 1.165) is 10.5 Å². The van der Waals surface area contributed by atoms with E-state index in [1.807, 2.05) is 0 Å². The number of barbiturate groups is 1. The van der Waals surface area contributed by atoms with E-state index in [-0.39, 0.29) is 12.2 Å². The molecule has 4 amide bonds. The van der Waals surface area contributed by atoms with Crippen LogP contribution in [0.2, 0.25) is 10.0 Å². The van der Waals surface area contributed by atoms with Crippen LogP contribution < -0.4 is 15.0 Å². The SMILES string of the molecule is O=C1NC(=O)N(c2cccc(Br)c2)C(=O)/C1=C/c1ccc(OCc2ccc(Cl)cc2Cl)cc1. The van der Waals surface area contributed by atoms with Crippen LogP contribution in [0.3, 0.4) is 0 Å². The number of hydrogen-bond donors (Lipinski definition) is 1. The Bertz CT molecular complexity index is 1290. The van der Waals surface area contributed by atoms with Crippen LogP contribution in [-0.2, 0) is 16.2 Å². The first-order chi connectivity index (χ1) is 15.8. The first-order valence-electron chi connectivity index (χ1n) is 9.65. The van der Waals surface area contributed by atoms with Crippen molar-refractivity contribution in [3.05, 3.63) is 97.9 Å². The molecule has 3 aromatic carbocycles. The zero-order valence-electron chi connectivity index (χ0n) is 16.8. The second-order valence-electron chi connectivity index (χ2n) is 7.03. The van der Waals surface area contributed by atoms with Crippen molar-refractivity contribution < 1.29 is 19.1 Å². The number of nitrogens with zero attached hydrogens (tertiary/aromatic N) is 1. The van der Waals surface area contributed by atoms with Crippen molar-refractivity contribution in [1.29, 1.82) is 0 Å². The van der Waals surface area contributed by atoms with E-state index in [0.29, 0.717) is 31.5 Å². The summed E-state index contributed by atoms with van der Waals surface area (Å²) < 4.78 is 6.44. The van der Waals surface area contributed by atoms with Gasteiger partial charge in [-0.3, -0.25) is 14.9 Å². The standard InChI is InChI=1S/C24H15BrCl2N2O4/c25-16-2-1-3-18(11-16)29-23(31)20(22(30)28-24(29)32)10-14-4-8-19(9-5-14)33-13-15-6-7-17(26)12-21(15)27/h1-12H,13H2,(H,28,30,32)/b20-10+. The Morgan fingerprint density at radius 3 is 2.42 bits per heavy atom. The fourth-order valence-corrected chi connectivity index (χ4v) is 3.98. The summed E-state index contributed by atoms with van der Waals surface area (Å²) in [5, 5.41) is 3.26. The van der Waals surface area contributed by atoms with Crippen molar-refractivity contribution >= 4 is 68.7 Å².